The van der Waals surface area contributed by atoms with E-state index in [9.17, 15) is 0 Å². The van der Waals surface area contributed by atoms with Crippen molar-refractivity contribution in [3.8, 4) is 0 Å². The van der Waals surface area contributed by atoms with Gasteiger partial charge < -0.3 is 4.90 Å². The van der Waals surface area contributed by atoms with Crippen LogP contribution in [0.15, 0.2) is 23.6 Å². The van der Waals surface area contributed by atoms with Crippen molar-refractivity contribution in [1.29, 1.82) is 0 Å². The smallest absolute Gasteiger partial charge is 0.134 e. The molecule has 5 heteroatoms. The van der Waals surface area contributed by atoms with Gasteiger partial charge in [-0.2, -0.15) is 0 Å². The van der Waals surface area contributed by atoms with Crippen molar-refractivity contribution in [3.05, 3.63) is 39.4 Å². The minimum atomic E-state index is 0.278. The van der Waals surface area contributed by atoms with Crippen LogP contribution < -0.4 is 4.90 Å². The van der Waals surface area contributed by atoms with Crippen LogP contribution in [0.4, 0.5) is 5.82 Å². The van der Waals surface area contributed by atoms with E-state index < -0.39 is 0 Å². The summed E-state index contributed by atoms with van der Waals surface area (Å²) in [5.41, 5.74) is 0. The average Bonchev–Trinajstić information content (AvgIpc) is 2.79. The van der Waals surface area contributed by atoms with Gasteiger partial charge in [-0.05, 0) is 25.3 Å². The third-order valence-electron chi connectivity index (χ3n) is 2.69. The summed E-state index contributed by atoms with van der Waals surface area (Å²) >= 11 is 7.69. The van der Waals surface area contributed by atoms with Crippen LogP contribution in [0, 0.1) is 6.92 Å². The summed E-state index contributed by atoms with van der Waals surface area (Å²) < 4.78 is 0. The zero-order valence-corrected chi connectivity index (χ0v) is 11.6. The minimum absolute atomic E-state index is 0.278. The Morgan fingerprint density at radius 3 is 2.76 bits per heavy atom. The number of hydrogen-bond donors (Lipinski definition) is 0. The van der Waals surface area contributed by atoms with Gasteiger partial charge in [-0.3, -0.25) is 0 Å². The van der Waals surface area contributed by atoms with E-state index in [1.807, 2.05) is 14.0 Å². The van der Waals surface area contributed by atoms with Gasteiger partial charge in [0.05, 0.1) is 6.04 Å². The van der Waals surface area contributed by atoms with Crippen molar-refractivity contribution in [2.24, 2.45) is 0 Å². The second kappa shape index (κ2) is 5.02. The topological polar surface area (TPSA) is 29.0 Å². The fourth-order valence-electron chi connectivity index (χ4n) is 1.62. The number of rotatable bonds is 3. The summed E-state index contributed by atoms with van der Waals surface area (Å²) in [4.78, 5) is 11.9. The molecule has 3 nitrogen and oxygen atoms in total. The molecule has 0 radical (unpaired) electrons. The maximum absolute atomic E-state index is 5.95. The molecule has 2 heterocycles. The van der Waals surface area contributed by atoms with Crippen molar-refractivity contribution >= 4 is 28.8 Å². The van der Waals surface area contributed by atoms with Crippen LogP contribution in [0.3, 0.4) is 0 Å². The van der Waals surface area contributed by atoms with Crippen LogP contribution in [0.2, 0.25) is 5.15 Å². The number of aryl methyl sites for hydroxylation is 1. The molecule has 0 aliphatic heterocycles. The summed E-state index contributed by atoms with van der Waals surface area (Å²) in [5.74, 6) is 1.54. The number of anilines is 1. The Morgan fingerprint density at radius 2 is 2.18 bits per heavy atom. The zero-order valence-electron chi connectivity index (χ0n) is 10.0. The summed E-state index contributed by atoms with van der Waals surface area (Å²) in [6, 6.07) is 6.25. The molecule has 90 valence electrons. The molecule has 0 aliphatic carbocycles. The van der Waals surface area contributed by atoms with E-state index in [1.54, 1.807) is 17.4 Å². The number of hydrogen-bond acceptors (Lipinski definition) is 4. The fourth-order valence-corrected chi connectivity index (χ4v) is 2.66. The summed E-state index contributed by atoms with van der Waals surface area (Å²) in [5, 5.41) is 2.57. The van der Waals surface area contributed by atoms with E-state index in [0.717, 1.165) is 5.82 Å². The number of thiophene rings is 1. The highest BCUT2D eigenvalue weighted by Crippen LogP contribution is 2.27. The van der Waals surface area contributed by atoms with Crippen molar-refractivity contribution in [1.82, 2.24) is 9.97 Å². The van der Waals surface area contributed by atoms with Crippen LogP contribution in [-0.4, -0.2) is 17.0 Å². The van der Waals surface area contributed by atoms with E-state index in [2.05, 4.69) is 39.3 Å². The molecule has 0 saturated heterocycles. The molecule has 1 unspecified atom stereocenters. The first-order valence-electron chi connectivity index (χ1n) is 5.35. The second-order valence-electron chi connectivity index (χ2n) is 3.90. The highest BCUT2D eigenvalue weighted by Gasteiger charge is 2.15. The fraction of sp³-hybridized carbons (Fsp3) is 0.333. The minimum Gasteiger partial charge on any atom is -0.352 e. The van der Waals surface area contributed by atoms with Crippen LogP contribution in [0.5, 0.6) is 0 Å². The standard InChI is InChI=1S/C12H14ClN3S/c1-8(10-5-4-6-17-10)16(3)12-7-11(13)14-9(2)15-12/h4-8H,1-3H3. The Balaban J connectivity index is 2.27. The first-order valence-corrected chi connectivity index (χ1v) is 6.61. The Bertz CT molecular complexity index is 478. The Kier molecular flexibility index (Phi) is 3.64. The van der Waals surface area contributed by atoms with E-state index in [1.165, 1.54) is 4.88 Å². The molecule has 0 saturated carbocycles. The van der Waals surface area contributed by atoms with Gasteiger partial charge in [0.1, 0.15) is 16.8 Å². The first-order chi connectivity index (χ1) is 8.08. The van der Waals surface area contributed by atoms with E-state index in [4.69, 9.17) is 11.6 Å². The van der Waals surface area contributed by atoms with Gasteiger partial charge in [0.25, 0.3) is 0 Å². The summed E-state index contributed by atoms with van der Waals surface area (Å²) in [6.07, 6.45) is 0. The Labute approximate surface area is 110 Å². The molecule has 2 aromatic rings. The number of nitrogens with zero attached hydrogens (tertiary/aromatic N) is 3. The zero-order chi connectivity index (χ0) is 12.4. The molecule has 17 heavy (non-hydrogen) atoms. The molecule has 0 amide bonds. The molecule has 1 atom stereocenters. The lowest BCUT2D eigenvalue weighted by Crippen LogP contribution is -2.22. The largest absolute Gasteiger partial charge is 0.352 e. The molecule has 2 aromatic heterocycles. The molecule has 0 aliphatic rings. The lowest BCUT2D eigenvalue weighted by Gasteiger charge is -2.25. The lowest BCUT2D eigenvalue weighted by molar-refractivity contribution is 0.737. The predicted octanol–water partition coefficient (Wildman–Crippen LogP) is 3.70. The van der Waals surface area contributed by atoms with Crippen LogP contribution in [-0.2, 0) is 0 Å². The third kappa shape index (κ3) is 2.76. The van der Waals surface area contributed by atoms with Crippen molar-refractivity contribution in [3.63, 3.8) is 0 Å². The van der Waals surface area contributed by atoms with Crippen molar-refractivity contribution < 1.29 is 0 Å². The van der Waals surface area contributed by atoms with Gasteiger partial charge in [-0.1, -0.05) is 17.7 Å². The monoisotopic (exact) mass is 267 g/mol. The molecule has 0 bridgehead atoms. The maximum Gasteiger partial charge on any atom is 0.134 e. The SMILES string of the molecule is Cc1nc(Cl)cc(N(C)C(C)c2cccs2)n1. The lowest BCUT2D eigenvalue weighted by atomic mass is 10.2. The van der Waals surface area contributed by atoms with Crippen molar-refractivity contribution in [2.45, 2.75) is 19.9 Å². The van der Waals surface area contributed by atoms with Gasteiger partial charge in [-0.25, -0.2) is 9.97 Å². The van der Waals surface area contributed by atoms with Gasteiger partial charge in [0.2, 0.25) is 0 Å². The molecule has 2 rings (SSSR count). The van der Waals surface area contributed by atoms with E-state index in [-0.39, 0.29) is 6.04 Å². The number of aromatic nitrogens is 2. The van der Waals surface area contributed by atoms with Crippen LogP contribution >= 0.6 is 22.9 Å². The van der Waals surface area contributed by atoms with E-state index in [0.29, 0.717) is 11.0 Å². The molecular weight excluding hydrogens is 254 g/mol. The highest BCUT2D eigenvalue weighted by molar-refractivity contribution is 7.10. The molecule has 0 fully saturated rings. The van der Waals surface area contributed by atoms with Gasteiger partial charge in [0.15, 0.2) is 0 Å². The third-order valence-corrected chi connectivity index (χ3v) is 3.93. The number of halogens is 1. The molecule has 0 N–H and O–H groups in total. The summed E-state index contributed by atoms with van der Waals surface area (Å²) in [7, 11) is 2.02. The van der Waals surface area contributed by atoms with Gasteiger partial charge in [-0.15, -0.1) is 11.3 Å². The second-order valence-corrected chi connectivity index (χ2v) is 5.26. The van der Waals surface area contributed by atoms with Crippen LogP contribution in [0.25, 0.3) is 0 Å². The van der Waals surface area contributed by atoms with Crippen LogP contribution in [0.1, 0.15) is 23.7 Å². The molecule has 0 spiro atoms. The molecule has 0 aromatic carbocycles. The summed E-state index contributed by atoms with van der Waals surface area (Å²) in [6.45, 7) is 4.00. The molecular formula is C12H14ClN3S. The van der Waals surface area contributed by atoms with Crippen molar-refractivity contribution in [2.75, 3.05) is 11.9 Å². The average molecular weight is 268 g/mol. The quantitative estimate of drug-likeness (QED) is 0.794. The Morgan fingerprint density at radius 1 is 1.41 bits per heavy atom. The van der Waals surface area contributed by atoms with Gasteiger partial charge >= 0.3 is 0 Å². The first kappa shape index (κ1) is 12.3. The van der Waals surface area contributed by atoms with Gasteiger partial charge in [0, 0.05) is 18.0 Å². The Hall–Kier alpha value is -1.13. The highest BCUT2D eigenvalue weighted by atomic mass is 35.5. The predicted molar refractivity (Wildman–Crippen MR) is 72.9 cm³/mol. The van der Waals surface area contributed by atoms with E-state index >= 15 is 0 Å². The normalized spacial score (nSPS) is 12.5. The maximum atomic E-state index is 5.95.